The fourth-order valence-corrected chi connectivity index (χ4v) is 0.833. The Morgan fingerprint density at radius 2 is 1.75 bits per heavy atom. The van der Waals surface area contributed by atoms with E-state index in [1.807, 2.05) is 5.92 Å². The second kappa shape index (κ2) is 3.31. The molecule has 1 aromatic carbocycles. The summed E-state index contributed by atoms with van der Waals surface area (Å²) in [4.78, 5) is 0. The Kier molecular flexibility index (Phi) is 2.39. The average molecular weight is 170 g/mol. The van der Waals surface area contributed by atoms with Crippen molar-refractivity contribution in [2.75, 3.05) is 0 Å². The molecule has 0 saturated heterocycles. The highest BCUT2D eigenvalue weighted by molar-refractivity contribution is 5.24. The van der Waals surface area contributed by atoms with Gasteiger partial charge >= 0.3 is 0 Å². The molecule has 0 aromatic heterocycles. The summed E-state index contributed by atoms with van der Waals surface area (Å²) in [6.45, 7) is 0. The minimum atomic E-state index is -1.20. The van der Waals surface area contributed by atoms with Crippen molar-refractivity contribution in [2.24, 2.45) is 0 Å². The highest BCUT2D eigenvalue weighted by atomic mass is 19.2. The largest absolute Gasteiger partial charge is 0.207 e. The van der Waals surface area contributed by atoms with Crippen LogP contribution in [0.5, 0.6) is 0 Å². The quantitative estimate of drug-likeness (QED) is 0.448. The Morgan fingerprint density at radius 1 is 1.17 bits per heavy atom. The molecule has 0 bridgehead atoms. The molecule has 0 aliphatic rings. The van der Waals surface area contributed by atoms with Crippen LogP contribution in [0.25, 0.3) is 0 Å². The van der Waals surface area contributed by atoms with Gasteiger partial charge in [0.25, 0.3) is 0 Å². The molecule has 3 heteroatoms. The van der Waals surface area contributed by atoms with Crippen LogP contribution in [0.15, 0.2) is 12.1 Å². The molecule has 0 unspecified atom stereocenters. The number of benzene rings is 1. The molecule has 0 aliphatic carbocycles. The summed E-state index contributed by atoms with van der Waals surface area (Å²) >= 11 is 0. The van der Waals surface area contributed by atoms with E-state index in [1.165, 1.54) is 0 Å². The van der Waals surface area contributed by atoms with E-state index in [4.69, 9.17) is 6.42 Å². The lowest BCUT2D eigenvalue weighted by atomic mass is 10.1. The zero-order valence-electron chi connectivity index (χ0n) is 6.07. The molecule has 0 N–H and O–H groups in total. The number of terminal acetylenes is 1. The Balaban J connectivity index is 3.25. The van der Waals surface area contributed by atoms with Crippen LogP contribution in [0.2, 0.25) is 0 Å². The first-order valence-corrected chi connectivity index (χ1v) is 3.22. The Labute approximate surface area is 68.0 Å². The van der Waals surface area contributed by atoms with Gasteiger partial charge in [-0.1, -0.05) is 0 Å². The minimum Gasteiger partial charge on any atom is -0.207 e. The van der Waals surface area contributed by atoms with Gasteiger partial charge in [-0.25, -0.2) is 13.2 Å². The van der Waals surface area contributed by atoms with E-state index in [9.17, 15) is 13.2 Å². The van der Waals surface area contributed by atoms with E-state index in [1.54, 1.807) is 0 Å². The van der Waals surface area contributed by atoms with Crippen molar-refractivity contribution < 1.29 is 13.2 Å². The number of hydrogen-bond acceptors (Lipinski definition) is 0. The molecule has 62 valence electrons. The van der Waals surface area contributed by atoms with Gasteiger partial charge in [-0.05, 0) is 12.1 Å². The van der Waals surface area contributed by atoms with E-state index < -0.39 is 23.0 Å². The molecule has 0 fully saturated rings. The first-order chi connectivity index (χ1) is 5.66. The molecule has 0 aliphatic heterocycles. The SMILES string of the molecule is C#CCc1c(F)ccc(F)c1F. The Hall–Kier alpha value is -1.43. The third-order valence-electron chi connectivity index (χ3n) is 1.42. The first-order valence-electron chi connectivity index (χ1n) is 3.22. The van der Waals surface area contributed by atoms with Crippen molar-refractivity contribution in [1.29, 1.82) is 0 Å². The maximum atomic E-state index is 12.7. The lowest BCUT2D eigenvalue weighted by molar-refractivity contribution is 0.483. The summed E-state index contributed by atoms with van der Waals surface area (Å²) in [6.07, 6.45) is 4.60. The number of hydrogen-bond donors (Lipinski definition) is 0. The van der Waals surface area contributed by atoms with Gasteiger partial charge < -0.3 is 0 Å². The molecular formula is C9H5F3. The maximum Gasteiger partial charge on any atom is 0.165 e. The van der Waals surface area contributed by atoms with Crippen LogP contribution in [-0.4, -0.2) is 0 Å². The monoisotopic (exact) mass is 170 g/mol. The Morgan fingerprint density at radius 3 is 2.33 bits per heavy atom. The van der Waals surface area contributed by atoms with E-state index in [0.29, 0.717) is 0 Å². The van der Waals surface area contributed by atoms with Gasteiger partial charge in [-0.15, -0.1) is 12.3 Å². The van der Waals surface area contributed by atoms with Gasteiger partial charge in [-0.3, -0.25) is 0 Å². The topological polar surface area (TPSA) is 0 Å². The fourth-order valence-electron chi connectivity index (χ4n) is 0.833. The second-order valence-corrected chi connectivity index (χ2v) is 2.20. The van der Waals surface area contributed by atoms with E-state index in [-0.39, 0.29) is 6.42 Å². The third kappa shape index (κ3) is 1.42. The van der Waals surface area contributed by atoms with Crippen LogP contribution in [0.4, 0.5) is 13.2 Å². The molecule has 0 atom stereocenters. The predicted octanol–water partition coefficient (Wildman–Crippen LogP) is 2.28. The van der Waals surface area contributed by atoms with Crippen molar-refractivity contribution in [3.8, 4) is 12.3 Å². The van der Waals surface area contributed by atoms with Crippen LogP contribution in [0.3, 0.4) is 0 Å². The van der Waals surface area contributed by atoms with E-state index in [2.05, 4.69) is 0 Å². The molecular weight excluding hydrogens is 165 g/mol. The maximum absolute atomic E-state index is 12.7. The first kappa shape index (κ1) is 8.66. The molecule has 1 aromatic rings. The zero-order chi connectivity index (χ0) is 9.14. The van der Waals surface area contributed by atoms with Crippen molar-refractivity contribution in [2.45, 2.75) is 6.42 Å². The summed E-state index contributed by atoms with van der Waals surface area (Å²) in [5.41, 5.74) is -0.391. The average Bonchev–Trinajstić information content (AvgIpc) is 2.06. The summed E-state index contributed by atoms with van der Waals surface area (Å²) < 4.78 is 37.9. The van der Waals surface area contributed by atoms with Gasteiger partial charge in [-0.2, -0.15) is 0 Å². The van der Waals surface area contributed by atoms with Crippen LogP contribution in [-0.2, 0) is 6.42 Å². The molecule has 0 heterocycles. The summed E-state index contributed by atoms with van der Waals surface area (Å²) in [5.74, 6) is -1.05. The minimum absolute atomic E-state index is 0.241. The summed E-state index contributed by atoms with van der Waals surface area (Å²) in [6, 6.07) is 1.58. The molecule has 0 radical (unpaired) electrons. The van der Waals surface area contributed by atoms with Crippen LogP contribution in [0, 0.1) is 29.8 Å². The summed E-state index contributed by atoms with van der Waals surface area (Å²) in [7, 11) is 0. The van der Waals surface area contributed by atoms with E-state index in [0.717, 1.165) is 12.1 Å². The molecule has 0 spiro atoms. The molecule has 0 saturated carbocycles. The van der Waals surface area contributed by atoms with Crippen molar-refractivity contribution in [3.05, 3.63) is 35.1 Å². The Bertz CT molecular complexity index is 336. The number of halogens is 3. The van der Waals surface area contributed by atoms with Gasteiger partial charge in [0.05, 0.1) is 0 Å². The van der Waals surface area contributed by atoms with Gasteiger partial charge in [0.2, 0.25) is 0 Å². The standard InChI is InChI=1S/C9H5F3/c1-2-3-6-7(10)4-5-8(11)9(6)12/h1,4-5H,3H2. The van der Waals surface area contributed by atoms with Crippen molar-refractivity contribution >= 4 is 0 Å². The third-order valence-corrected chi connectivity index (χ3v) is 1.42. The van der Waals surface area contributed by atoms with Crippen LogP contribution < -0.4 is 0 Å². The molecule has 12 heavy (non-hydrogen) atoms. The highest BCUT2D eigenvalue weighted by Crippen LogP contribution is 2.15. The van der Waals surface area contributed by atoms with Crippen molar-refractivity contribution in [1.82, 2.24) is 0 Å². The number of rotatable bonds is 1. The summed E-state index contributed by atoms with van der Waals surface area (Å²) in [5, 5.41) is 0. The normalized spacial score (nSPS) is 9.50. The predicted molar refractivity (Wildman–Crippen MR) is 38.9 cm³/mol. The molecule has 1 rings (SSSR count). The second-order valence-electron chi connectivity index (χ2n) is 2.20. The van der Waals surface area contributed by atoms with Gasteiger partial charge in [0.15, 0.2) is 11.6 Å². The fraction of sp³-hybridized carbons (Fsp3) is 0.111. The van der Waals surface area contributed by atoms with Gasteiger partial charge in [0, 0.05) is 12.0 Å². The van der Waals surface area contributed by atoms with Crippen LogP contribution in [0.1, 0.15) is 5.56 Å². The van der Waals surface area contributed by atoms with Crippen LogP contribution >= 0.6 is 0 Å². The van der Waals surface area contributed by atoms with Crippen molar-refractivity contribution in [3.63, 3.8) is 0 Å². The highest BCUT2D eigenvalue weighted by Gasteiger charge is 2.11. The lowest BCUT2D eigenvalue weighted by Gasteiger charge is -2.00. The van der Waals surface area contributed by atoms with E-state index >= 15 is 0 Å². The van der Waals surface area contributed by atoms with Gasteiger partial charge in [0.1, 0.15) is 5.82 Å². The molecule has 0 nitrogen and oxygen atoms in total. The zero-order valence-corrected chi connectivity index (χ0v) is 6.07. The lowest BCUT2D eigenvalue weighted by Crippen LogP contribution is -1.97. The molecule has 0 amide bonds. The smallest absolute Gasteiger partial charge is 0.165 e.